The zero-order valence-corrected chi connectivity index (χ0v) is 8.62. The fourth-order valence-corrected chi connectivity index (χ4v) is 1.86. The van der Waals surface area contributed by atoms with Crippen molar-refractivity contribution >= 4 is 33.2 Å². The van der Waals surface area contributed by atoms with Crippen molar-refractivity contribution in [2.75, 3.05) is 0 Å². The highest BCUT2D eigenvalue weighted by atomic mass is 35.5. The molecule has 3 heteroatoms. The van der Waals surface area contributed by atoms with Gasteiger partial charge in [0.15, 0.2) is 5.15 Å². The molecule has 0 atom stereocenters. The number of hydrogen-bond acceptors (Lipinski definition) is 2. The van der Waals surface area contributed by atoms with Gasteiger partial charge in [-0.1, -0.05) is 43.6 Å². The molecule has 0 saturated heterocycles. The van der Waals surface area contributed by atoms with Gasteiger partial charge in [-0.3, -0.25) is 0 Å². The summed E-state index contributed by atoms with van der Waals surface area (Å²) >= 11 is 7.20. The Bertz CT molecular complexity index is 356. The Morgan fingerprint density at radius 2 is 1.92 bits per heavy atom. The number of benzene rings is 1. The fraction of sp³-hybridized carbons (Fsp3) is 0.222. The lowest BCUT2D eigenvalue weighted by atomic mass is 10.3. The number of rotatable bonds is 0. The third-order valence-corrected chi connectivity index (χ3v) is 2.55. The highest BCUT2D eigenvalue weighted by molar-refractivity contribution is 7.13. The predicted octanol–water partition coefficient (Wildman–Crippen LogP) is 3.98. The molecule has 0 spiro atoms. The molecule has 1 nitrogen and oxygen atoms in total. The van der Waals surface area contributed by atoms with Crippen LogP contribution in [-0.2, 0) is 0 Å². The molecular weight excluding hydrogens is 190 g/mol. The van der Waals surface area contributed by atoms with Crippen LogP contribution in [0.1, 0.15) is 13.8 Å². The van der Waals surface area contributed by atoms with Crippen LogP contribution in [0.3, 0.4) is 0 Å². The van der Waals surface area contributed by atoms with Crippen LogP contribution in [0.5, 0.6) is 0 Å². The second-order valence-corrected chi connectivity index (χ2v) is 3.13. The quantitative estimate of drug-likeness (QED) is 0.626. The molecule has 0 amide bonds. The minimum Gasteiger partial charge on any atom is -0.180 e. The van der Waals surface area contributed by atoms with Crippen molar-refractivity contribution in [3.63, 3.8) is 0 Å². The molecule has 1 aromatic carbocycles. The van der Waals surface area contributed by atoms with Crippen LogP contribution in [0, 0.1) is 0 Å². The molecule has 0 bridgehead atoms. The SMILES string of the molecule is CC.Clc1nsc2ccccc12. The lowest BCUT2D eigenvalue weighted by molar-refractivity contribution is 1.50. The van der Waals surface area contributed by atoms with Gasteiger partial charge in [0.25, 0.3) is 0 Å². The summed E-state index contributed by atoms with van der Waals surface area (Å²) in [5.74, 6) is 0. The van der Waals surface area contributed by atoms with E-state index < -0.39 is 0 Å². The van der Waals surface area contributed by atoms with Gasteiger partial charge in [-0.15, -0.1) is 0 Å². The Labute approximate surface area is 81.2 Å². The summed E-state index contributed by atoms with van der Waals surface area (Å²) in [5, 5.41) is 1.66. The van der Waals surface area contributed by atoms with E-state index in [0.717, 1.165) is 10.1 Å². The molecule has 0 fully saturated rings. The fourth-order valence-electron chi connectivity index (χ4n) is 0.855. The Morgan fingerprint density at radius 1 is 1.25 bits per heavy atom. The van der Waals surface area contributed by atoms with Crippen LogP contribution < -0.4 is 0 Å². The average Bonchev–Trinajstić information content (AvgIpc) is 2.53. The summed E-state index contributed by atoms with van der Waals surface area (Å²) in [4.78, 5) is 0. The summed E-state index contributed by atoms with van der Waals surface area (Å²) in [6, 6.07) is 7.93. The van der Waals surface area contributed by atoms with E-state index in [4.69, 9.17) is 11.6 Å². The maximum Gasteiger partial charge on any atom is 0.150 e. The molecule has 2 aromatic rings. The number of aromatic nitrogens is 1. The Balaban J connectivity index is 0.000000336. The monoisotopic (exact) mass is 199 g/mol. The average molecular weight is 200 g/mol. The van der Waals surface area contributed by atoms with Crippen molar-refractivity contribution < 1.29 is 0 Å². The summed E-state index contributed by atoms with van der Waals surface area (Å²) in [6.07, 6.45) is 0. The minimum absolute atomic E-state index is 0.612. The van der Waals surface area contributed by atoms with Gasteiger partial charge in [-0.05, 0) is 17.6 Å². The van der Waals surface area contributed by atoms with E-state index in [9.17, 15) is 0 Å². The van der Waals surface area contributed by atoms with Crippen molar-refractivity contribution in [3.05, 3.63) is 29.4 Å². The molecule has 12 heavy (non-hydrogen) atoms. The normalized spacial score (nSPS) is 9.25. The number of halogens is 1. The van der Waals surface area contributed by atoms with Crippen molar-refractivity contribution in [2.45, 2.75) is 13.8 Å². The topological polar surface area (TPSA) is 12.9 Å². The molecule has 0 aliphatic heterocycles. The molecule has 0 unspecified atom stereocenters. The first kappa shape index (κ1) is 9.49. The van der Waals surface area contributed by atoms with E-state index in [1.165, 1.54) is 11.5 Å². The highest BCUT2D eigenvalue weighted by Gasteiger charge is 1.99. The zero-order valence-electron chi connectivity index (χ0n) is 7.04. The number of nitrogens with zero attached hydrogens (tertiary/aromatic N) is 1. The van der Waals surface area contributed by atoms with Crippen LogP contribution in [0.2, 0.25) is 5.15 Å². The maximum absolute atomic E-state index is 5.77. The van der Waals surface area contributed by atoms with Crippen molar-refractivity contribution in [2.24, 2.45) is 0 Å². The number of hydrogen-bond donors (Lipinski definition) is 0. The van der Waals surface area contributed by atoms with E-state index in [1.807, 2.05) is 38.1 Å². The molecule has 0 saturated carbocycles. The van der Waals surface area contributed by atoms with Crippen LogP contribution in [0.4, 0.5) is 0 Å². The second kappa shape index (κ2) is 4.43. The van der Waals surface area contributed by atoms with E-state index in [0.29, 0.717) is 5.15 Å². The smallest absolute Gasteiger partial charge is 0.150 e. The molecular formula is C9H10ClNS. The maximum atomic E-state index is 5.77. The van der Waals surface area contributed by atoms with Gasteiger partial charge in [0.2, 0.25) is 0 Å². The van der Waals surface area contributed by atoms with Crippen LogP contribution in [-0.4, -0.2) is 4.37 Å². The molecule has 0 aliphatic carbocycles. The van der Waals surface area contributed by atoms with Gasteiger partial charge >= 0.3 is 0 Å². The summed E-state index contributed by atoms with van der Waals surface area (Å²) in [6.45, 7) is 4.00. The molecule has 0 N–H and O–H groups in total. The lowest BCUT2D eigenvalue weighted by Gasteiger charge is -1.83. The van der Waals surface area contributed by atoms with E-state index in [-0.39, 0.29) is 0 Å². The lowest BCUT2D eigenvalue weighted by Crippen LogP contribution is -1.60. The molecule has 0 aliphatic rings. The van der Waals surface area contributed by atoms with Gasteiger partial charge in [0.1, 0.15) is 0 Å². The van der Waals surface area contributed by atoms with Gasteiger partial charge in [0, 0.05) is 5.39 Å². The van der Waals surface area contributed by atoms with Gasteiger partial charge in [-0.2, -0.15) is 4.37 Å². The second-order valence-electron chi connectivity index (χ2n) is 1.97. The summed E-state index contributed by atoms with van der Waals surface area (Å²) in [5.41, 5.74) is 0. The Kier molecular flexibility index (Phi) is 3.50. The zero-order chi connectivity index (χ0) is 8.97. The van der Waals surface area contributed by atoms with Crippen LogP contribution in [0.25, 0.3) is 10.1 Å². The Hall–Kier alpha value is -0.600. The van der Waals surface area contributed by atoms with Gasteiger partial charge in [-0.25, -0.2) is 0 Å². The molecule has 0 radical (unpaired) electrons. The third-order valence-electron chi connectivity index (χ3n) is 1.33. The first-order valence-electron chi connectivity index (χ1n) is 3.88. The summed E-state index contributed by atoms with van der Waals surface area (Å²) in [7, 11) is 0. The third kappa shape index (κ3) is 1.76. The van der Waals surface area contributed by atoms with Crippen LogP contribution >= 0.6 is 23.1 Å². The standard InChI is InChI=1S/C7H4ClNS.C2H6/c8-7-5-3-1-2-4-6(5)10-9-7;1-2/h1-4H;1-2H3. The van der Waals surface area contributed by atoms with Crippen LogP contribution in [0.15, 0.2) is 24.3 Å². The van der Waals surface area contributed by atoms with Crippen molar-refractivity contribution in [1.82, 2.24) is 4.37 Å². The number of fused-ring (bicyclic) bond motifs is 1. The summed E-state index contributed by atoms with van der Waals surface area (Å²) < 4.78 is 5.15. The van der Waals surface area contributed by atoms with Gasteiger partial charge in [0.05, 0.1) is 4.70 Å². The van der Waals surface area contributed by atoms with E-state index >= 15 is 0 Å². The molecule has 2 rings (SSSR count). The van der Waals surface area contributed by atoms with E-state index in [2.05, 4.69) is 4.37 Å². The van der Waals surface area contributed by atoms with Crippen molar-refractivity contribution in [1.29, 1.82) is 0 Å². The highest BCUT2D eigenvalue weighted by Crippen LogP contribution is 2.25. The van der Waals surface area contributed by atoms with Gasteiger partial charge < -0.3 is 0 Å². The predicted molar refractivity (Wildman–Crippen MR) is 56.0 cm³/mol. The molecule has 64 valence electrons. The van der Waals surface area contributed by atoms with E-state index in [1.54, 1.807) is 0 Å². The molecule has 1 aromatic heterocycles. The minimum atomic E-state index is 0.612. The Morgan fingerprint density at radius 3 is 2.58 bits per heavy atom. The first-order valence-corrected chi connectivity index (χ1v) is 5.03. The largest absolute Gasteiger partial charge is 0.180 e. The van der Waals surface area contributed by atoms with Crippen molar-refractivity contribution in [3.8, 4) is 0 Å². The first-order chi connectivity index (χ1) is 5.88. The molecule has 1 heterocycles.